The van der Waals surface area contributed by atoms with Crippen molar-refractivity contribution in [2.24, 2.45) is 5.10 Å². The normalized spacial score (nSPS) is 10.4. The molecule has 0 saturated heterocycles. The molecule has 2 N–H and O–H groups in total. The fourth-order valence-corrected chi connectivity index (χ4v) is 3.17. The molecule has 8 heteroatoms. The molecule has 8 nitrogen and oxygen atoms in total. The summed E-state index contributed by atoms with van der Waals surface area (Å²) < 4.78 is 11.6. The molecule has 0 saturated carbocycles. The molecule has 0 unspecified atom stereocenters. The molecule has 0 spiro atoms. The van der Waals surface area contributed by atoms with Crippen molar-refractivity contribution < 1.29 is 19.1 Å². The van der Waals surface area contributed by atoms with Crippen LogP contribution < -0.4 is 20.2 Å². The van der Waals surface area contributed by atoms with Crippen LogP contribution in [0.2, 0.25) is 0 Å². The van der Waals surface area contributed by atoms with Crippen LogP contribution in [0.4, 0.5) is 5.69 Å². The Balaban J connectivity index is 1.57. The van der Waals surface area contributed by atoms with Gasteiger partial charge in [0.2, 0.25) is 11.8 Å². The van der Waals surface area contributed by atoms with Crippen molar-refractivity contribution in [2.45, 2.75) is 26.9 Å². The summed E-state index contributed by atoms with van der Waals surface area (Å²) in [7, 11) is 0. The summed E-state index contributed by atoms with van der Waals surface area (Å²) in [6.07, 6.45) is 1.10. The number of hydrazone groups is 1. The number of amides is 2. The number of hydrogen-bond donors (Lipinski definition) is 2. The molecule has 0 radical (unpaired) electrons. The Morgan fingerprint density at radius 2 is 1.77 bits per heavy atom. The number of carbonyl (C=O) groups excluding carboxylic acids is 2. The number of para-hydroxylation sites is 1. The number of carbonyl (C=O) groups is 2. The van der Waals surface area contributed by atoms with Crippen LogP contribution in [0.5, 0.6) is 11.5 Å². The van der Waals surface area contributed by atoms with Crippen LogP contribution in [0.1, 0.15) is 35.6 Å². The molecule has 35 heavy (non-hydrogen) atoms. The average molecular weight is 471 g/mol. The minimum absolute atomic E-state index is 0.220. The van der Waals surface area contributed by atoms with Gasteiger partial charge in [-0.2, -0.15) is 10.4 Å². The number of rotatable bonds is 10. The molecule has 3 aromatic carbocycles. The van der Waals surface area contributed by atoms with Crippen molar-refractivity contribution in [1.82, 2.24) is 5.43 Å². The lowest BCUT2D eigenvalue weighted by Crippen LogP contribution is -2.24. The first-order valence-corrected chi connectivity index (χ1v) is 11.0. The zero-order valence-electron chi connectivity index (χ0n) is 19.6. The molecular formula is C27H26N4O4. The Kier molecular flexibility index (Phi) is 8.97. The van der Waals surface area contributed by atoms with E-state index in [0.29, 0.717) is 34.9 Å². The Morgan fingerprint density at radius 3 is 2.54 bits per heavy atom. The van der Waals surface area contributed by atoms with E-state index in [1.807, 2.05) is 44.2 Å². The van der Waals surface area contributed by atoms with E-state index in [9.17, 15) is 14.9 Å². The number of benzene rings is 3. The van der Waals surface area contributed by atoms with Gasteiger partial charge < -0.3 is 14.8 Å². The van der Waals surface area contributed by atoms with E-state index in [1.54, 1.807) is 36.4 Å². The van der Waals surface area contributed by atoms with Crippen molar-refractivity contribution in [1.29, 1.82) is 5.26 Å². The van der Waals surface area contributed by atoms with Gasteiger partial charge in [-0.05, 0) is 55.3 Å². The summed E-state index contributed by atoms with van der Waals surface area (Å²) in [5.74, 6) is 0.0714. The molecule has 0 bridgehead atoms. The number of ether oxygens (including phenoxy) is 2. The summed E-state index contributed by atoms with van der Waals surface area (Å²) in [6.45, 7) is 4.38. The number of aryl methyl sites for hydroxylation is 1. The van der Waals surface area contributed by atoms with Gasteiger partial charge in [-0.25, -0.2) is 5.43 Å². The summed E-state index contributed by atoms with van der Waals surface area (Å²) in [5.41, 5.74) is 5.92. The van der Waals surface area contributed by atoms with Crippen molar-refractivity contribution >= 4 is 23.7 Å². The summed E-state index contributed by atoms with van der Waals surface area (Å²) >= 11 is 0. The number of nitrogens with zero attached hydrogens (tertiary/aromatic N) is 2. The van der Waals surface area contributed by atoms with E-state index in [-0.39, 0.29) is 13.0 Å². The number of anilines is 1. The molecule has 0 heterocycles. The predicted molar refractivity (Wildman–Crippen MR) is 133 cm³/mol. The van der Waals surface area contributed by atoms with Crippen LogP contribution in [0.3, 0.4) is 0 Å². The summed E-state index contributed by atoms with van der Waals surface area (Å²) in [6, 6.07) is 21.9. The van der Waals surface area contributed by atoms with E-state index in [4.69, 9.17) is 9.47 Å². The largest absolute Gasteiger partial charge is 0.490 e. The highest BCUT2D eigenvalue weighted by atomic mass is 16.5. The number of hydrogen-bond acceptors (Lipinski definition) is 6. The van der Waals surface area contributed by atoms with E-state index in [0.717, 1.165) is 11.1 Å². The molecule has 0 aliphatic carbocycles. The number of nitrogens with one attached hydrogen (secondary N) is 2. The maximum absolute atomic E-state index is 12.1. The van der Waals surface area contributed by atoms with E-state index >= 15 is 0 Å². The highest BCUT2D eigenvalue weighted by molar-refractivity contribution is 6.04. The lowest BCUT2D eigenvalue weighted by molar-refractivity contribution is -0.126. The third-order valence-electron chi connectivity index (χ3n) is 4.93. The van der Waals surface area contributed by atoms with Gasteiger partial charge in [-0.1, -0.05) is 36.4 Å². The first kappa shape index (κ1) is 25.0. The highest BCUT2D eigenvalue weighted by Gasteiger charge is 2.11. The topological polar surface area (TPSA) is 113 Å². The van der Waals surface area contributed by atoms with Gasteiger partial charge in [0.1, 0.15) is 13.0 Å². The zero-order chi connectivity index (χ0) is 25.0. The standard InChI is InChI=1S/C27H26N4O4/c1-3-34-25-14-20(12-13-24(25)35-18-22-10-6-5-9-21(22)16-28)17-29-31-27(33)15-26(32)30-23-11-7-4-8-19(23)2/h4-14,17H,3,15,18H2,1-2H3,(H,30,32)(H,31,33). The molecule has 0 aliphatic heterocycles. The monoisotopic (exact) mass is 470 g/mol. The van der Waals surface area contributed by atoms with E-state index in [1.165, 1.54) is 6.21 Å². The first-order chi connectivity index (χ1) is 17.0. The van der Waals surface area contributed by atoms with Gasteiger partial charge >= 0.3 is 0 Å². The minimum Gasteiger partial charge on any atom is -0.490 e. The molecule has 3 rings (SSSR count). The molecule has 0 aromatic heterocycles. The Labute approximate surface area is 204 Å². The number of nitriles is 1. The van der Waals surface area contributed by atoms with Gasteiger partial charge in [-0.3, -0.25) is 9.59 Å². The summed E-state index contributed by atoms with van der Waals surface area (Å²) in [4.78, 5) is 24.2. The summed E-state index contributed by atoms with van der Waals surface area (Å²) in [5, 5.41) is 15.9. The van der Waals surface area contributed by atoms with Crippen LogP contribution >= 0.6 is 0 Å². The molecular weight excluding hydrogens is 444 g/mol. The van der Waals surface area contributed by atoms with Crippen molar-refractivity contribution in [3.8, 4) is 17.6 Å². The minimum atomic E-state index is -0.534. The quantitative estimate of drug-likeness (QED) is 0.260. The van der Waals surface area contributed by atoms with Gasteiger partial charge in [0.15, 0.2) is 11.5 Å². The Bertz CT molecular complexity index is 1260. The van der Waals surface area contributed by atoms with Crippen molar-refractivity contribution in [3.05, 3.63) is 89.0 Å². The maximum atomic E-state index is 12.1. The van der Waals surface area contributed by atoms with Gasteiger partial charge in [0.05, 0.1) is 24.5 Å². The smallest absolute Gasteiger partial charge is 0.249 e. The molecule has 0 atom stereocenters. The second kappa shape index (κ2) is 12.6. The van der Waals surface area contributed by atoms with E-state index < -0.39 is 11.8 Å². The van der Waals surface area contributed by atoms with Crippen LogP contribution in [0.15, 0.2) is 71.8 Å². The van der Waals surface area contributed by atoms with Crippen molar-refractivity contribution in [3.63, 3.8) is 0 Å². The second-order valence-corrected chi connectivity index (χ2v) is 7.53. The second-order valence-electron chi connectivity index (χ2n) is 7.53. The fraction of sp³-hybridized carbons (Fsp3) is 0.185. The SMILES string of the molecule is CCOc1cc(C=NNC(=O)CC(=O)Nc2ccccc2C)ccc1OCc1ccccc1C#N. The molecule has 178 valence electrons. The fourth-order valence-electron chi connectivity index (χ4n) is 3.17. The van der Waals surface area contributed by atoms with Crippen LogP contribution in [0.25, 0.3) is 0 Å². The van der Waals surface area contributed by atoms with Crippen LogP contribution in [0, 0.1) is 18.3 Å². The first-order valence-electron chi connectivity index (χ1n) is 11.0. The Morgan fingerprint density at radius 1 is 1.00 bits per heavy atom. The highest BCUT2D eigenvalue weighted by Crippen LogP contribution is 2.29. The van der Waals surface area contributed by atoms with E-state index in [2.05, 4.69) is 21.9 Å². The van der Waals surface area contributed by atoms with Crippen LogP contribution in [-0.2, 0) is 16.2 Å². The lowest BCUT2D eigenvalue weighted by Gasteiger charge is -2.13. The van der Waals surface area contributed by atoms with Gasteiger partial charge in [0, 0.05) is 11.3 Å². The molecule has 0 aliphatic rings. The third-order valence-corrected chi connectivity index (χ3v) is 4.93. The maximum Gasteiger partial charge on any atom is 0.249 e. The molecule has 0 fully saturated rings. The van der Waals surface area contributed by atoms with Crippen molar-refractivity contribution in [2.75, 3.05) is 11.9 Å². The molecule has 2 amide bonds. The Hall–Kier alpha value is -4.64. The average Bonchev–Trinajstić information content (AvgIpc) is 2.85. The molecule has 3 aromatic rings. The third kappa shape index (κ3) is 7.44. The zero-order valence-corrected chi connectivity index (χ0v) is 19.6. The van der Waals surface area contributed by atoms with Gasteiger partial charge in [0.25, 0.3) is 0 Å². The predicted octanol–water partition coefficient (Wildman–Crippen LogP) is 4.32. The van der Waals surface area contributed by atoms with Crippen LogP contribution in [-0.4, -0.2) is 24.6 Å². The lowest BCUT2D eigenvalue weighted by atomic mass is 10.1. The van der Waals surface area contributed by atoms with Gasteiger partial charge in [-0.15, -0.1) is 0 Å².